The fourth-order valence-corrected chi connectivity index (χ4v) is 3.18. The summed E-state index contributed by atoms with van der Waals surface area (Å²) >= 11 is 6.60. The van der Waals surface area contributed by atoms with Crippen molar-refractivity contribution in [2.24, 2.45) is 0 Å². The van der Waals surface area contributed by atoms with Crippen LogP contribution in [0, 0.1) is 11.6 Å². The van der Waals surface area contributed by atoms with Gasteiger partial charge in [-0.15, -0.1) is 11.3 Å². The lowest BCUT2D eigenvalue weighted by Crippen LogP contribution is -2.30. The van der Waals surface area contributed by atoms with E-state index in [1.807, 2.05) is 17.5 Å². The Morgan fingerprint density at radius 3 is 2.68 bits per heavy atom. The smallest absolute Gasteiger partial charge is 0.189 e. The fraction of sp³-hybridized carbons (Fsp3) is 0.118. The molecule has 128 valence electrons. The molecule has 0 aliphatic carbocycles. The predicted molar refractivity (Wildman–Crippen MR) is 99.6 cm³/mol. The standard InChI is InChI=1S/C17H14F2N4S2/c18-13-4-1-5-14(19)12(13)6-8-21-16(24)23-17-22-15(10-25-17)11-3-2-7-20-9-11/h1-5,7,9-10H,6,8H2,(H2,21,22,23,24). The first-order valence-electron chi connectivity index (χ1n) is 7.47. The van der Waals surface area contributed by atoms with E-state index in [4.69, 9.17) is 12.2 Å². The lowest BCUT2D eigenvalue weighted by atomic mass is 10.1. The molecule has 0 aliphatic rings. The van der Waals surface area contributed by atoms with Gasteiger partial charge in [-0.3, -0.25) is 4.98 Å². The summed E-state index contributed by atoms with van der Waals surface area (Å²) in [6, 6.07) is 7.59. The van der Waals surface area contributed by atoms with Crippen LogP contribution in [0.5, 0.6) is 0 Å². The lowest BCUT2D eigenvalue weighted by Gasteiger charge is -2.09. The monoisotopic (exact) mass is 376 g/mol. The van der Waals surface area contributed by atoms with Gasteiger partial charge in [-0.2, -0.15) is 0 Å². The number of rotatable bonds is 5. The van der Waals surface area contributed by atoms with E-state index in [-0.39, 0.29) is 12.0 Å². The summed E-state index contributed by atoms with van der Waals surface area (Å²) in [6.07, 6.45) is 3.63. The van der Waals surface area contributed by atoms with Crippen molar-refractivity contribution < 1.29 is 8.78 Å². The minimum absolute atomic E-state index is 0.0471. The molecule has 0 amide bonds. The summed E-state index contributed by atoms with van der Waals surface area (Å²) in [7, 11) is 0. The number of anilines is 1. The molecule has 0 atom stereocenters. The first-order valence-corrected chi connectivity index (χ1v) is 8.76. The zero-order valence-electron chi connectivity index (χ0n) is 13.0. The van der Waals surface area contributed by atoms with Crippen molar-refractivity contribution in [3.05, 3.63) is 65.3 Å². The number of benzene rings is 1. The van der Waals surface area contributed by atoms with E-state index in [0.717, 1.165) is 11.3 Å². The third kappa shape index (κ3) is 4.55. The lowest BCUT2D eigenvalue weighted by molar-refractivity contribution is 0.553. The summed E-state index contributed by atoms with van der Waals surface area (Å²) in [5.74, 6) is -1.11. The van der Waals surface area contributed by atoms with Crippen molar-refractivity contribution in [1.82, 2.24) is 15.3 Å². The Balaban J connectivity index is 1.52. The highest BCUT2D eigenvalue weighted by Gasteiger charge is 2.09. The average molecular weight is 376 g/mol. The third-order valence-corrected chi connectivity index (χ3v) is 4.41. The van der Waals surface area contributed by atoms with Crippen molar-refractivity contribution in [2.75, 3.05) is 11.9 Å². The summed E-state index contributed by atoms with van der Waals surface area (Å²) in [4.78, 5) is 8.49. The van der Waals surface area contributed by atoms with Gasteiger partial charge in [0.15, 0.2) is 10.2 Å². The van der Waals surface area contributed by atoms with E-state index >= 15 is 0 Å². The topological polar surface area (TPSA) is 49.8 Å². The highest BCUT2D eigenvalue weighted by molar-refractivity contribution is 7.80. The van der Waals surface area contributed by atoms with Gasteiger partial charge in [0.1, 0.15) is 11.6 Å². The van der Waals surface area contributed by atoms with Gasteiger partial charge in [-0.25, -0.2) is 13.8 Å². The van der Waals surface area contributed by atoms with Crippen LogP contribution in [-0.2, 0) is 6.42 Å². The van der Waals surface area contributed by atoms with E-state index in [2.05, 4.69) is 20.6 Å². The van der Waals surface area contributed by atoms with E-state index in [0.29, 0.717) is 16.8 Å². The van der Waals surface area contributed by atoms with Crippen molar-refractivity contribution in [2.45, 2.75) is 6.42 Å². The maximum Gasteiger partial charge on any atom is 0.189 e. The van der Waals surface area contributed by atoms with Gasteiger partial charge in [-0.05, 0) is 42.9 Å². The first kappa shape index (κ1) is 17.4. The molecule has 25 heavy (non-hydrogen) atoms. The second kappa shape index (κ2) is 8.09. The van der Waals surface area contributed by atoms with Crippen molar-refractivity contribution in [1.29, 1.82) is 0 Å². The second-order valence-electron chi connectivity index (χ2n) is 5.11. The van der Waals surface area contributed by atoms with Gasteiger partial charge in [0, 0.05) is 35.4 Å². The summed E-state index contributed by atoms with van der Waals surface area (Å²) in [5, 5.41) is 8.77. The molecule has 0 saturated heterocycles. The Morgan fingerprint density at radius 2 is 1.96 bits per heavy atom. The number of nitrogens with one attached hydrogen (secondary N) is 2. The number of thiazole rings is 1. The Kier molecular flexibility index (Phi) is 5.62. The van der Waals surface area contributed by atoms with Gasteiger partial charge in [-0.1, -0.05) is 6.07 Å². The number of hydrogen-bond acceptors (Lipinski definition) is 4. The number of thiocarbonyl (C=S) groups is 1. The molecule has 3 aromatic rings. The molecule has 3 rings (SSSR count). The fourth-order valence-electron chi connectivity index (χ4n) is 2.19. The van der Waals surface area contributed by atoms with E-state index in [1.165, 1.54) is 29.5 Å². The van der Waals surface area contributed by atoms with E-state index in [9.17, 15) is 8.78 Å². The van der Waals surface area contributed by atoms with E-state index in [1.54, 1.807) is 12.4 Å². The first-order chi connectivity index (χ1) is 12.1. The van der Waals surface area contributed by atoms with Crippen LogP contribution in [0.1, 0.15) is 5.56 Å². The van der Waals surface area contributed by atoms with Crippen LogP contribution in [-0.4, -0.2) is 21.6 Å². The Hall–Kier alpha value is -2.45. The van der Waals surface area contributed by atoms with Crippen LogP contribution < -0.4 is 10.6 Å². The largest absolute Gasteiger partial charge is 0.362 e. The molecule has 2 aromatic heterocycles. The number of halogens is 2. The van der Waals surface area contributed by atoms with Crippen LogP contribution in [0.3, 0.4) is 0 Å². The SMILES string of the molecule is Fc1cccc(F)c1CCNC(=S)Nc1nc(-c2cccnc2)cs1. The van der Waals surface area contributed by atoms with Crippen LogP contribution in [0.15, 0.2) is 48.1 Å². The molecule has 8 heteroatoms. The number of hydrogen-bond donors (Lipinski definition) is 2. The van der Waals surface area contributed by atoms with Crippen molar-refractivity contribution in [3.63, 3.8) is 0 Å². The predicted octanol–water partition coefficient (Wildman–Crippen LogP) is 4.01. The van der Waals surface area contributed by atoms with Crippen molar-refractivity contribution in [3.8, 4) is 11.3 Å². The molecule has 0 radical (unpaired) electrons. The average Bonchev–Trinajstić information content (AvgIpc) is 3.07. The van der Waals surface area contributed by atoms with Crippen LogP contribution in [0.2, 0.25) is 0 Å². The molecule has 0 saturated carbocycles. The van der Waals surface area contributed by atoms with Crippen LogP contribution in [0.4, 0.5) is 13.9 Å². The van der Waals surface area contributed by atoms with Gasteiger partial charge in [0.2, 0.25) is 0 Å². The van der Waals surface area contributed by atoms with Gasteiger partial charge >= 0.3 is 0 Å². The third-order valence-electron chi connectivity index (χ3n) is 3.40. The maximum absolute atomic E-state index is 13.6. The number of aromatic nitrogens is 2. The summed E-state index contributed by atoms with van der Waals surface area (Å²) < 4.78 is 27.1. The highest BCUT2D eigenvalue weighted by atomic mass is 32.1. The van der Waals surface area contributed by atoms with Crippen LogP contribution >= 0.6 is 23.6 Å². The highest BCUT2D eigenvalue weighted by Crippen LogP contribution is 2.23. The normalized spacial score (nSPS) is 10.5. The Bertz CT molecular complexity index is 848. The molecule has 0 spiro atoms. The van der Waals surface area contributed by atoms with Crippen LogP contribution in [0.25, 0.3) is 11.3 Å². The Morgan fingerprint density at radius 1 is 1.16 bits per heavy atom. The Labute approximate surface area is 153 Å². The van der Waals surface area contributed by atoms with Crippen molar-refractivity contribution >= 4 is 33.8 Å². The second-order valence-corrected chi connectivity index (χ2v) is 6.38. The van der Waals surface area contributed by atoms with Gasteiger partial charge in [0.05, 0.1) is 5.69 Å². The van der Waals surface area contributed by atoms with Gasteiger partial charge < -0.3 is 10.6 Å². The molecular weight excluding hydrogens is 362 g/mol. The number of nitrogens with zero attached hydrogens (tertiary/aromatic N) is 2. The summed E-state index contributed by atoms with van der Waals surface area (Å²) in [6.45, 7) is 0.310. The summed E-state index contributed by atoms with van der Waals surface area (Å²) in [5.41, 5.74) is 1.77. The van der Waals surface area contributed by atoms with E-state index < -0.39 is 11.6 Å². The molecule has 0 fully saturated rings. The molecule has 0 unspecified atom stereocenters. The quantitative estimate of drug-likeness (QED) is 0.659. The molecule has 4 nitrogen and oxygen atoms in total. The molecule has 2 heterocycles. The molecule has 0 bridgehead atoms. The minimum atomic E-state index is -0.554. The number of pyridine rings is 1. The van der Waals surface area contributed by atoms with Gasteiger partial charge in [0.25, 0.3) is 0 Å². The zero-order chi connectivity index (χ0) is 17.6. The minimum Gasteiger partial charge on any atom is -0.362 e. The zero-order valence-corrected chi connectivity index (χ0v) is 14.6. The maximum atomic E-state index is 13.6. The molecular formula is C17H14F2N4S2. The molecule has 1 aromatic carbocycles. The molecule has 0 aliphatic heterocycles. The molecule has 2 N–H and O–H groups in total.